The summed E-state index contributed by atoms with van der Waals surface area (Å²) in [4.78, 5) is 4.35. The first-order chi connectivity index (χ1) is 8.16. The highest BCUT2D eigenvalue weighted by atomic mass is 79.9. The van der Waals surface area contributed by atoms with Crippen molar-refractivity contribution in [2.75, 3.05) is 11.9 Å². The zero-order chi connectivity index (χ0) is 12.3. The molecule has 1 saturated carbocycles. The smallest absolute Gasteiger partial charge is 0.140 e. The molecular weight excluding hydrogens is 300 g/mol. The molecule has 2 unspecified atom stereocenters. The van der Waals surface area contributed by atoms with Gasteiger partial charge in [0.1, 0.15) is 5.82 Å². The summed E-state index contributed by atoms with van der Waals surface area (Å²) in [6.45, 7) is 3.05. The van der Waals surface area contributed by atoms with Crippen LogP contribution in [0.3, 0.4) is 0 Å². The van der Waals surface area contributed by atoms with Crippen LogP contribution in [0, 0.1) is 12.8 Å². The minimum atomic E-state index is 0.365. The lowest BCUT2D eigenvalue weighted by molar-refractivity contribution is 0.378. The second kappa shape index (κ2) is 6.05. The molecule has 0 radical (unpaired) electrons. The van der Waals surface area contributed by atoms with E-state index in [2.05, 4.69) is 33.2 Å². The maximum Gasteiger partial charge on any atom is 0.140 e. The molecule has 0 bridgehead atoms. The Morgan fingerprint density at radius 3 is 3.12 bits per heavy atom. The van der Waals surface area contributed by atoms with Crippen LogP contribution in [0.2, 0.25) is 0 Å². The van der Waals surface area contributed by atoms with Gasteiger partial charge in [0.25, 0.3) is 0 Å². The highest BCUT2D eigenvalue weighted by molar-refractivity contribution is 9.10. The van der Waals surface area contributed by atoms with E-state index in [0.717, 1.165) is 23.3 Å². The first-order valence-corrected chi connectivity index (χ1v) is 7.39. The molecule has 1 heterocycles. The molecule has 1 aromatic rings. The van der Waals surface area contributed by atoms with Gasteiger partial charge in [-0.2, -0.15) is 0 Å². The molecule has 0 saturated heterocycles. The van der Waals surface area contributed by atoms with Crippen LogP contribution in [-0.2, 0) is 0 Å². The van der Waals surface area contributed by atoms with Gasteiger partial charge in [-0.3, -0.25) is 0 Å². The Labute approximate surface area is 116 Å². The second-order valence-corrected chi connectivity index (χ2v) is 6.21. The van der Waals surface area contributed by atoms with Gasteiger partial charge in [-0.05, 0) is 59.7 Å². The normalized spacial score (nSPS) is 24.6. The Balaban J connectivity index is 1.91. The first kappa shape index (κ1) is 13.2. The molecule has 1 aliphatic rings. The van der Waals surface area contributed by atoms with Gasteiger partial charge in [-0.1, -0.05) is 6.42 Å². The largest absolute Gasteiger partial charge is 0.369 e. The predicted molar refractivity (Wildman–Crippen MR) is 76.8 cm³/mol. The number of pyridine rings is 1. The Bertz CT molecular complexity index is 384. The van der Waals surface area contributed by atoms with Crippen molar-refractivity contribution in [2.45, 2.75) is 38.0 Å². The summed E-state index contributed by atoms with van der Waals surface area (Å²) in [5.41, 5.74) is 1.21. The van der Waals surface area contributed by atoms with Crippen LogP contribution in [0.5, 0.6) is 0 Å². The number of halogens is 2. The van der Waals surface area contributed by atoms with Crippen LogP contribution in [0.25, 0.3) is 0 Å². The average molecular weight is 318 g/mol. The lowest BCUT2D eigenvalue weighted by atomic mass is 9.89. The van der Waals surface area contributed by atoms with Gasteiger partial charge in [0.15, 0.2) is 0 Å². The number of alkyl halides is 1. The fourth-order valence-electron chi connectivity index (χ4n) is 2.32. The number of aryl methyl sites for hydroxylation is 1. The molecule has 4 heteroatoms. The monoisotopic (exact) mass is 316 g/mol. The Morgan fingerprint density at radius 2 is 2.35 bits per heavy atom. The molecule has 1 fully saturated rings. The average Bonchev–Trinajstić information content (AvgIpc) is 2.31. The van der Waals surface area contributed by atoms with Crippen molar-refractivity contribution in [1.29, 1.82) is 0 Å². The number of nitrogens with one attached hydrogen (secondary N) is 1. The lowest BCUT2D eigenvalue weighted by Crippen LogP contribution is -2.22. The molecular formula is C13H18BrClN2. The van der Waals surface area contributed by atoms with E-state index >= 15 is 0 Å². The van der Waals surface area contributed by atoms with Gasteiger partial charge in [0, 0.05) is 18.1 Å². The van der Waals surface area contributed by atoms with E-state index < -0.39 is 0 Å². The number of aromatic nitrogens is 1. The minimum Gasteiger partial charge on any atom is -0.369 e. The van der Waals surface area contributed by atoms with E-state index in [4.69, 9.17) is 11.6 Å². The van der Waals surface area contributed by atoms with Gasteiger partial charge in [-0.15, -0.1) is 11.6 Å². The quantitative estimate of drug-likeness (QED) is 0.838. The van der Waals surface area contributed by atoms with Crippen LogP contribution in [0.1, 0.15) is 31.2 Å². The molecule has 17 heavy (non-hydrogen) atoms. The number of anilines is 1. The molecule has 2 nitrogen and oxygen atoms in total. The highest BCUT2D eigenvalue weighted by Gasteiger charge is 2.20. The second-order valence-electron chi connectivity index (χ2n) is 4.80. The molecule has 0 aromatic carbocycles. The zero-order valence-electron chi connectivity index (χ0n) is 10.0. The van der Waals surface area contributed by atoms with E-state index in [-0.39, 0.29) is 0 Å². The molecule has 2 atom stereocenters. The summed E-state index contributed by atoms with van der Waals surface area (Å²) >= 11 is 9.76. The van der Waals surface area contributed by atoms with E-state index in [0.29, 0.717) is 11.3 Å². The van der Waals surface area contributed by atoms with Gasteiger partial charge in [0.05, 0.1) is 4.47 Å². The molecule has 0 spiro atoms. The van der Waals surface area contributed by atoms with Crippen molar-refractivity contribution in [3.8, 4) is 0 Å². The van der Waals surface area contributed by atoms with Crippen molar-refractivity contribution in [3.05, 3.63) is 22.3 Å². The molecule has 0 aliphatic heterocycles. The van der Waals surface area contributed by atoms with Crippen molar-refractivity contribution in [3.63, 3.8) is 0 Å². The Hall–Kier alpha value is -0.280. The number of hydrogen-bond donors (Lipinski definition) is 1. The van der Waals surface area contributed by atoms with Crippen LogP contribution in [-0.4, -0.2) is 16.9 Å². The molecule has 94 valence electrons. The molecule has 1 aromatic heterocycles. The summed E-state index contributed by atoms with van der Waals surface area (Å²) in [5.74, 6) is 1.63. The van der Waals surface area contributed by atoms with Gasteiger partial charge in [-0.25, -0.2) is 4.98 Å². The van der Waals surface area contributed by atoms with Crippen molar-refractivity contribution in [1.82, 2.24) is 4.98 Å². The third-order valence-electron chi connectivity index (χ3n) is 3.36. The third-order valence-corrected chi connectivity index (χ3v) is 4.76. The maximum atomic E-state index is 6.20. The highest BCUT2D eigenvalue weighted by Crippen LogP contribution is 2.29. The fourth-order valence-corrected chi connectivity index (χ4v) is 3.10. The van der Waals surface area contributed by atoms with Gasteiger partial charge >= 0.3 is 0 Å². The Morgan fingerprint density at radius 1 is 1.53 bits per heavy atom. The SMILES string of the molecule is Cc1ccnc(NCC2CCCC(Cl)C2)c1Br. The van der Waals surface area contributed by atoms with Gasteiger partial charge < -0.3 is 5.32 Å². The number of nitrogens with zero attached hydrogens (tertiary/aromatic N) is 1. The van der Waals surface area contributed by atoms with E-state index in [1.807, 2.05) is 12.3 Å². The summed E-state index contributed by atoms with van der Waals surface area (Å²) in [5, 5.41) is 3.79. The van der Waals surface area contributed by atoms with Crippen molar-refractivity contribution in [2.24, 2.45) is 5.92 Å². The standard InChI is InChI=1S/C13H18BrClN2/c1-9-5-6-16-13(12(9)14)17-8-10-3-2-4-11(15)7-10/h5-6,10-11H,2-4,7-8H2,1H3,(H,16,17). The van der Waals surface area contributed by atoms with E-state index in [9.17, 15) is 0 Å². The molecule has 0 amide bonds. The molecule has 2 rings (SSSR count). The summed E-state index contributed by atoms with van der Waals surface area (Å²) in [7, 11) is 0. The fraction of sp³-hybridized carbons (Fsp3) is 0.615. The van der Waals surface area contributed by atoms with Crippen LogP contribution in [0.15, 0.2) is 16.7 Å². The number of hydrogen-bond acceptors (Lipinski definition) is 2. The Kier molecular flexibility index (Phi) is 4.69. The van der Waals surface area contributed by atoms with Crippen LogP contribution < -0.4 is 5.32 Å². The topological polar surface area (TPSA) is 24.9 Å². The molecule has 1 N–H and O–H groups in total. The summed E-state index contributed by atoms with van der Waals surface area (Å²) < 4.78 is 1.07. The van der Waals surface area contributed by atoms with Gasteiger partial charge in [0.2, 0.25) is 0 Å². The maximum absolute atomic E-state index is 6.20. The van der Waals surface area contributed by atoms with E-state index in [1.54, 1.807) is 0 Å². The van der Waals surface area contributed by atoms with Crippen LogP contribution >= 0.6 is 27.5 Å². The summed E-state index contributed by atoms with van der Waals surface area (Å²) in [6, 6.07) is 2.00. The first-order valence-electron chi connectivity index (χ1n) is 6.16. The minimum absolute atomic E-state index is 0.365. The van der Waals surface area contributed by atoms with Crippen molar-refractivity contribution >= 4 is 33.3 Å². The zero-order valence-corrected chi connectivity index (χ0v) is 12.4. The third kappa shape index (κ3) is 3.59. The molecule has 1 aliphatic carbocycles. The lowest BCUT2D eigenvalue weighted by Gasteiger charge is -2.25. The van der Waals surface area contributed by atoms with Crippen molar-refractivity contribution < 1.29 is 0 Å². The summed E-state index contributed by atoms with van der Waals surface area (Å²) in [6.07, 6.45) is 6.67. The predicted octanol–water partition coefficient (Wildman–Crippen LogP) is 4.36. The van der Waals surface area contributed by atoms with E-state index in [1.165, 1.54) is 24.8 Å². The number of rotatable bonds is 3. The van der Waals surface area contributed by atoms with Crippen LogP contribution in [0.4, 0.5) is 5.82 Å².